The van der Waals surface area contributed by atoms with Gasteiger partial charge in [0.05, 0.1) is 18.5 Å². The third-order valence-electron chi connectivity index (χ3n) is 2.61. The lowest BCUT2D eigenvalue weighted by Gasteiger charge is -2.29. The second kappa shape index (κ2) is 7.14. The first kappa shape index (κ1) is 13.8. The molecule has 0 aromatic rings. The number of morpholine rings is 1. The molecule has 1 heterocycles. The summed E-state index contributed by atoms with van der Waals surface area (Å²) < 4.78 is 5.21. The molecule has 94 valence electrons. The molecule has 0 aromatic heterocycles. The van der Waals surface area contributed by atoms with Crippen LogP contribution >= 0.6 is 11.8 Å². The molecule has 1 saturated heterocycles. The van der Waals surface area contributed by atoms with Gasteiger partial charge in [0.15, 0.2) is 0 Å². The molecule has 2 atom stereocenters. The van der Waals surface area contributed by atoms with E-state index in [4.69, 9.17) is 9.84 Å². The number of nitrogens with zero attached hydrogens (tertiary/aromatic N) is 1. The topological polar surface area (TPSA) is 49.8 Å². The average molecular weight is 247 g/mol. The van der Waals surface area contributed by atoms with Crippen molar-refractivity contribution in [2.24, 2.45) is 5.92 Å². The zero-order valence-electron chi connectivity index (χ0n) is 10.0. The zero-order valence-corrected chi connectivity index (χ0v) is 10.8. The van der Waals surface area contributed by atoms with Gasteiger partial charge in [-0.05, 0) is 18.6 Å². The van der Waals surface area contributed by atoms with Gasteiger partial charge >= 0.3 is 0 Å². The Hall–Kier alpha value is -0.260. The highest BCUT2D eigenvalue weighted by molar-refractivity contribution is 8.00. The first-order valence-electron chi connectivity index (χ1n) is 5.74. The number of carbonyl (C=O) groups excluding carboxylic acids is 1. The average Bonchev–Trinajstić information content (AvgIpc) is 2.35. The smallest absolute Gasteiger partial charge is 0.235 e. The molecular weight excluding hydrogens is 226 g/mol. The van der Waals surface area contributed by atoms with Gasteiger partial charge in [0.25, 0.3) is 0 Å². The normalized spacial score (nSPS) is 20.6. The van der Waals surface area contributed by atoms with Crippen molar-refractivity contribution in [2.45, 2.75) is 19.1 Å². The molecule has 1 fully saturated rings. The van der Waals surface area contributed by atoms with E-state index < -0.39 is 0 Å². The molecule has 1 N–H and O–H groups in total. The molecule has 1 aliphatic rings. The molecule has 16 heavy (non-hydrogen) atoms. The van der Waals surface area contributed by atoms with Crippen LogP contribution in [0.25, 0.3) is 0 Å². The Balaban J connectivity index is 2.29. The number of hydrogen-bond donors (Lipinski definition) is 1. The molecule has 5 heteroatoms. The third kappa shape index (κ3) is 4.31. The van der Waals surface area contributed by atoms with E-state index in [9.17, 15) is 4.79 Å². The third-order valence-corrected chi connectivity index (χ3v) is 4.08. The Labute approximate surface area is 101 Å². The van der Waals surface area contributed by atoms with Gasteiger partial charge in [-0.3, -0.25) is 4.79 Å². The van der Waals surface area contributed by atoms with Crippen molar-refractivity contribution in [2.75, 3.05) is 38.7 Å². The second-order valence-electron chi connectivity index (χ2n) is 4.20. The summed E-state index contributed by atoms with van der Waals surface area (Å²) in [6.07, 6.45) is 0. The van der Waals surface area contributed by atoms with E-state index in [0.717, 1.165) is 5.75 Å². The molecule has 0 spiro atoms. The summed E-state index contributed by atoms with van der Waals surface area (Å²) in [5, 5.41) is 8.89. The van der Waals surface area contributed by atoms with Gasteiger partial charge in [0.2, 0.25) is 5.91 Å². The lowest BCUT2D eigenvalue weighted by Crippen LogP contribution is -2.44. The van der Waals surface area contributed by atoms with Gasteiger partial charge in [0.1, 0.15) is 0 Å². The van der Waals surface area contributed by atoms with Gasteiger partial charge in [-0.1, -0.05) is 6.92 Å². The fraction of sp³-hybridized carbons (Fsp3) is 0.909. The number of carbonyl (C=O) groups is 1. The summed E-state index contributed by atoms with van der Waals surface area (Å²) in [5.41, 5.74) is 0. The Morgan fingerprint density at radius 2 is 2.06 bits per heavy atom. The van der Waals surface area contributed by atoms with Crippen LogP contribution in [0.1, 0.15) is 13.8 Å². The van der Waals surface area contributed by atoms with Crippen molar-refractivity contribution in [3.8, 4) is 0 Å². The lowest BCUT2D eigenvalue weighted by atomic mass is 10.2. The van der Waals surface area contributed by atoms with E-state index in [1.807, 2.05) is 18.7 Å². The van der Waals surface area contributed by atoms with Crippen LogP contribution in [0, 0.1) is 5.92 Å². The van der Waals surface area contributed by atoms with Crippen LogP contribution in [0.5, 0.6) is 0 Å². The first-order valence-corrected chi connectivity index (χ1v) is 6.79. The largest absolute Gasteiger partial charge is 0.396 e. The van der Waals surface area contributed by atoms with Crippen molar-refractivity contribution in [1.82, 2.24) is 4.90 Å². The van der Waals surface area contributed by atoms with Crippen molar-refractivity contribution in [3.63, 3.8) is 0 Å². The number of amides is 1. The fourth-order valence-corrected chi connectivity index (χ4v) is 2.49. The quantitative estimate of drug-likeness (QED) is 0.773. The van der Waals surface area contributed by atoms with Crippen LogP contribution in [0.2, 0.25) is 0 Å². The maximum absolute atomic E-state index is 12.0. The van der Waals surface area contributed by atoms with Crippen molar-refractivity contribution >= 4 is 17.7 Å². The number of aliphatic hydroxyl groups excluding tert-OH is 1. The van der Waals surface area contributed by atoms with Crippen LogP contribution in [-0.2, 0) is 9.53 Å². The molecule has 0 saturated carbocycles. The van der Waals surface area contributed by atoms with E-state index in [1.165, 1.54) is 0 Å². The predicted molar refractivity (Wildman–Crippen MR) is 65.6 cm³/mol. The molecular formula is C11H21NO3S. The van der Waals surface area contributed by atoms with Gasteiger partial charge in [-0.25, -0.2) is 0 Å². The molecule has 0 bridgehead atoms. The molecule has 1 aliphatic heterocycles. The zero-order chi connectivity index (χ0) is 12.0. The van der Waals surface area contributed by atoms with E-state index in [0.29, 0.717) is 26.3 Å². The van der Waals surface area contributed by atoms with Crippen molar-refractivity contribution in [1.29, 1.82) is 0 Å². The van der Waals surface area contributed by atoms with Crippen LogP contribution < -0.4 is 0 Å². The molecule has 1 rings (SSSR count). The van der Waals surface area contributed by atoms with Crippen LogP contribution in [0.3, 0.4) is 0 Å². The summed E-state index contributed by atoms with van der Waals surface area (Å²) in [7, 11) is 0. The molecule has 4 nitrogen and oxygen atoms in total. The Kier molecular flexibility index (Phi) is 6.16. The number of aliphatic hydroxyl groups is 1. The minimum Gasteiger partial charge on any atom is -0.396 e. The van der Waals surface area contributed by atoms with Crippen molar-refractivity contribution < 1.29 is 14.6 Å². The van der Waals surface area contributed by atoms with Crippen LogP contribution in [0.15, 0.2) is 0 Å². The Bertz CT molecular complexity index is 219. The van der Waals surface area contributed by atoms with Crippen LogP contribution in [-0.4, -0.2) is 59.8 Å². The van der Waals surface area contributed by atoms with Crippen molar-refractivity contribution in [3.05, 3.63) is 0 Å². The molecule has 2 unspecified atom stereocenters. The van der Waals surface area contributed by atoms with Gasteiger partial charge < -0.3 is 14.7 Å². The molecule has 0 aromatic carbocycles. The molecule has 0 radical (unpaired) electrons. The Morgan fingerprint density at radius 3 is 2.62 bits per heavy atom. The minimum absolute atomic E-state index is 0.0212. The maximum Gasteiger partial charge on any atom is 0.235 e. The predicted octanol–water partition coefficient (Wildman–Crippen LogP) is 0.595. The van der Waals surface area contributed by atoms with E-state index in [-0.39, 0.29) is 23.7 Å². The Morgan fingerprint density at radius 1 is 1.44 bits per heavy atom. The highest BCUT2D eigenvalue weighted by Crippen LogP contribution is 2.17. The van der Waals surface area contributed by atoms with E-state index in [1.54, 1.807) is 11.8 Å². The summed E-state index contributed by atoms with van der Waals surface area (Å²) >= 11 is 1.62. The summed E-state index contributed by atoms with van der Waals surface area (Å²) in [5.74, 6) is 1.27. The van der Waals surface area contributed by atoms with Crippen LogP contribution in [0.4, 0.5) is 0 Å². The number of thioether (sulfide) groups is 1. The van der Waals surface area contributed by atoms with E-state index >= 15 is 0 Å². The van der Waals surface area contributed by atoms with E-state index in [2.05, 4.69) is 0 Å². The highest BCUT2D eigenvalue weighted by atomic mass is 32.2. The highest BCUT2D eigenvalue weighted by Gasteiger charge is 2.22. The number of ether oxygens (including phenoxy) is 1. The maximum atomic E-state index is 12.0. The number of hydrogen-bond acceptors (Lipinski definition) is 4. The fourth-order valence-electron chi connectivity index (χ4n) is 1.47. The minimum atomic E-state index is -0.0212. The summed E-state index contributed by atoms with van der Waals surface area (Å²) in [6, 6.07) is 0. The molecule has 0 aliphatic carbocycles. The summed E-state index contributed by atoms with van der Waals surface area (Å²) in [4.78, 5) is 13.9. The monoisotopic (exact) mass is 247 g/mol. The lowest BCUT2D eigenvalue weighted by molar-refractivity contribution is -0.134. The van der Waals surface area contributed by atoms with Gasteiger partial charge in [-0.15, -0.1) is 11.8 Å². The van der Waals surface area contributed by atoms with Gasteiger partial charge in [-0.2, -0.15) is 0 Å². The number of rotatable bonds is 5. The molecule has 1 amide bonds. The first-order chi connectivity index (χ1) is 7.65. The SMILES string of the molecule is CC(CO)CSC(C)C(=O)N1CCOCC1. The second-order valence-corrected chi connectivity index (χ2v) is 5.57. The van der Waals surface area contributed by atoms with Gasteiger partial charge in [0, 0.05) is 19.7 Å². The summed E-state index contributed by atoms with van der Waals surface area (Å²) in [6.45, 7) is 6.82. The standard InChI is InChI=1S/C11H21NO3S/c1-9(7-13)8-16-10(2)11(14)12-3-5-15-6-4-12/h9-10,13H,3-8H2,1-2H3.